The van der Waals surface area contributed by atoms with Gasteiger partial charge in [0.2, 0.25) is 10.0 Å². The van der Waals surface area contributed by atoms with Crippen LogP contribution in [-0.4, -0.2) is 39.1 Å². The van der Waals surface area contributed by atoms with Crippen molar-refractivity contribution < 1.29 is 18.3 Å². The van der Waals surface area contributed by atoms with Gasteiger partial charge in [0.25, 0.3) is 0 Å². The topological polar surface area (TPSA) is 86.7 Å². The molecule has 1 aromatic carbocycles. The molecule has 0 aliphatic carbocycles. The van der Waals surface area contributed by atoms with Crippen molar-refractivity contribution in [2.45, 2.75) is 25.7 Å². The third-order valence-electron chi connectivity index (χ3n) is 2.76. The lowest BCUT2D eigenvalue weighted by molar-refractivity contribution is -0.135. The molecule has 1 rings (SSSR count). The van der Waals surface area contributed by atoms with Crippen LogP contribution in [0.15, 0.2) is 29.2 Å². The smallest absolute Gasteiger partial charge is 0.323 e. The van der Waals surface area contributed by atoms with E-state index in [9.17, 15) is 13.2 Å². The SMILES string of the molecule is CCNS(=O)(=O)c1ccc(N(CC(=O)O)CC(C)C)cc1. The molecule has 0 radical (unpaired) electrons. The van der Waals surface area contributed by atoms with Crippen LogP contribution < -0.4 is 9.62 Å². The third-order valence-corrected chi connectivity index (χ3v) is 4.32. The van der Waals surface area contributed by atoms with E-state index >= 15 is 0 Å². The summed E-state index contributed by atoms with van der Waals surface area (Å²) >= 11 is 0. The van der Waals surface area contributed by atoms with Crippen LogP contribution in [0.1, 0.15) is 20.8 Å². The lowest BCUT2D eigenvalue weighted by atomic mass is 10.2. The second kappa shape index (κ2) is 7.42. The standard InChI is InChI=1S/C14H22N2O4S/c1-4-15-21(19,20)13-7-5-12(6-8-13)16(9-11(2)3)10-14(17)18/h5-8,11,15H,4,9-10H2,1-3H3,(H,17,18). The van der Waals surface area contributed by atoms with Crippen LogP contribution in [0.4, 0.5) is 5.69 Å². The molecule has 21 heavy (non-hydrogen) atoms. The Hall–Kier alpha value is -1.60. The maximum Gasteiger partial charge on any atom is 0.323 e. The Balaban J connectivity index is 2.99. The van der Waals surface area contributed by atoms with Crippen molar-refractivity contribution >= 4 is 21.7 Å². The van der Waals surface area contributed by atoms with Gasteiger partial charge in [0.1, 0.15) is 6.54 Å². The van der Waals surface area contributed by atoms with Gasteiger partial charge in [-0.1, -0.05) is 20.8 Å². The van der Waals surface area contributed by atoms with E-state index in [1.165, 1.54) is 12.1 Å². The highest BCUT2D eigenvalue weighted by molar-refractivity contribution is 7.89. The number of hydrogen-bond acceptors (Lipinski definition) is 4. The summed E-state index contributed by atoms with van der Waals surface area (Å²) in [5, 5.41) is 8.96. The molecular weight excluding hydrogens is 292 g/mol. The molecular formula is C14H22N2O4S. The van der Waals surface area contributed by atoms with Crippen LogP contribution in [0.2, 0.25) is 0 Å². The van der Waals surface area contributed by atoms with E-state index in [1.807, 2.05) is 13.8 Å². The largest absolute Gasteiger partial charge is 0.480 e. The minimum absolute atomic E-state index is 0.114. The maximum absolute atomic E-state index is 11.9. The zero-order valence-corrected chi connectivity index (χ0v) is 13.4. The Morgan fingerprint density at radius 2 is 1.86 bits per heavy atom. The predicted octanol–water partition coefficient (Wildman–Crippen LogP) is 1.53. The summed E-state index contributed by atoms with van der Waals surface area (Å²) in [6.07, 6.45) is 0. The van der Waals surface area contributed by atoms with Crippen molar-refractivity contribution in [1.82, 2.24) is 4.72 Å². The molecule has 2 N–H and O–H groups in total. The highest BCUT2D eigenvalue weighted by atomic mass is 32.2. The molecule has 0 aromatic heterocycles. The highest BCUT2D eigenvalue weighted by Gasteiger charge is 2.15. The number of sulfonamides is 1. The first-order valence-electron chi connectivity index (χ1n) is 6.82. The Labute approximate surface area is 125 Å². The molecule has 0 saturated carbocycles. The van der Waals surface area contributed by atoms with Crippen LogP contribution in [0.5, 0.6) is 0 Å². The average molecular weight is 314 g/mol. The fourth-order valence-electron chi connectivity index (χ4n) is 1.97. The van der Waals surface area contributed by atoms with E-state index in [0.29, 0.717) is 24.7 Å². The van der Waals surface area contributed by atoms with Crippen molar-refractivity contribution in [3.63, 3.8) is 0 Å². The van der Waals surface area contributed by atoms with E-state index in [1.54, 1.807) is 24.0 Å². The molecule has 0 aliphatic rings. The summed E-state index contributed by atoms with van der Waals surface area (Å²) < 4.78 is 26.1. The van der Waals surface area contributed by atoms with Crippen LogP contribution >= 0.6 is 0 Å². The average Bonchev–Trinajstić information content (AvgIpc) is 2.37. The van der Waals surface area contributed by atoms with Gasteiger partial charge in [-0.05, 0) is 30.2 Å². The number of hydrogen-bond donors (Lipinski definition) is 2. The lowest BCUT2D eigenvalue weighted by Gasteiger charge is -2.25. The number of rotatable bonds is 8. The fourth-order valence-corrected chi connectivity index (χ4v) is 3.02. The number of anilines is 1. The molecule has 0 unspecified atom stereocenters. The van der Waals surface area contributed by atoms with Crippen molar-refractivity contribution in [2.75, 3.05) is 24.5 Å². The number of benzene rings is 1. The minimum atomic E-state index is -3.48. The Bertz CT molecular complexity index is 567. The number of nitrogens with zero attached hydrogens (tertiary/aromatic N) is 1. The van der Waals surface area contributed by atoms with E-state index in [2.05, 4.69) is 4.72 Å². The number of carboxylic acid groups (broad SMARTS) is 1. The fraction of sp³-hybridized carbons (Fsp3) is 0.500. The summed E-state index contributed by atoms with van der Waals surface area (Å²) in [5.74, 6) is -0.616. The van der Waals surface area contributed by atoms with E-state index in [4.69, 9.17) is 5.11 Å². The van der Waals surface area contributed by atoms with Crippen LogP contribution in [0.25, 0.3) is 0 Å². The molecule has 0 fully saturated rings. The summed E-state index contributed by atoms with van der Waals surface area (Å²) in [5.41, 5.74) is 0.696. The van der Waals surface area contributed by atoms with E-state index < -0.39 is 16.0 Å². The first-order valence-corrected chi connectivity index (χ1v) is 8.31. The minimum Gasteiger partial charge on any atom is -0.480 e. The molecule has 0 atom stereocenters. The Kier molecular flexibility index (Phi) is 6.17. The summed E-state index contributed by atoms with van der Waals surface area (Å²) in [6.45, 7) is 6.51. The quantitative estimate of drug-likeness (QED) is 0.760. The Morgan fingerprint density at radius 1 is 1.29 bits per heavy atom. The molecule has 7 heteroatoms. The van der Waals surface area contributed by atoms with Gasteiger partial charge in [0, 0.05) is 18.8 Å². The van der Waals surface area contributed by atoms with Crippen LogP contribution in [0, 0.1) is 5.92 Å². The zero-order chi connectivity index (χ0) is 16.0. The highest BCUT2D eigenvalue weighted by Crippen LogP contribution is 2.19. The molecule has 0 bridgehead atoms. The molecule has 1 aromatic rings. The molecule has 0 amide bonds. The summed E-state index contributed by atoms with van der Waals surface area (Å²) in [7, 11) is -3.48. The molecule has 0 saturated heterocycles. The van der Waals surface area contributed by atoms with Gasteiger partial charge in [-0.2, -0.15) is 0 Å². The van der Waals surface area contributed by atoms with Gasteiger partial charge in [-0.25, -0.2) is 13.1 Å². The lowest BCUT2D eigenvalue weighted by Crippen LogP contribution is -2.33. The van der Waals surface area contributed by atoms with Crippen LogP contribution in [-0.2, 0) is 14.8 Å². The van der Waals surface area contributed by atoms with E-state index in [-0.39, 0.29) is 11.4 Å². The first-order chi connectivity index (χ1) is 9.76. The first kappa shape index (κ1) is 17.5. The van der Waals surface area contributed by atoms with Gasteiger partial charge in [-0.15, -0.1) is 0 Å². The van der Waals surface area contributed by atoms with Gasteiger partial charge in [-0.3, -0.25) is 4.79 Å². The van der Waals surface area contributed by atoms with Gasteiger partial charge in [0.15, 0.2) is 0 Å². The monoisotopic (exact) mass is 314 g/mol. The zero-order valence-electron chi connectivity index (χ0n) is 12.5. The molecule has 118 valence electrons. The normalized spacial score (nSPS) is 11.6. The predicted molar refractivity (Wildman–Crippen MR) is 82.0 cm³/mol. The van der Waals surface area contributed by atoms with Crippen LogP contribution in [0.3, 0.4) is 0 Å². The number of carboxylic acids is 1. The van der Waals surface area contributed by atoms with Crippen molar-refractivity contribution in [1.29, 1.82) is 0 Å². The number of aliphatic carboxylic acids is 1. The van der Waals surface area contributed by atoms with Crippen molar-refractivity contribution in [2.24, 2.45) is 5.92 Å². The number of carbonyl (C=O) groups is 1. The molecule has 0 spiro atoms. The van der Waals surface area contributed by atoms with Gasteiger partial charge >= 0.3 is 5.97 Å². The van der Waals surface area contributed by atoms with E-state index in [0.717, 1.165) is 0 Å². The maximum atomic E-state index is 11.9. The number of nitrogens with one attached hydrogen (secondary N) is 1. The summed E-state index contributed by atoms with van der Waals surface area (Å²) in [4.78, 5) is 12.8. The second-order valence-electron chi connectivity index (χ2n) is 5.16. The second-order valence-corrected chi connectivity index (χ2v) is 6.93. The molecule has 0 heterocycles. The van der Waals surface area contributed by atoms with Gasteiger partial charge < -0.3 is 10.0 Å². The van der Waals surface area contributed by atoms with Gasteiger partial charge in [0.05, 0.1) is 4.90 Å². The third kappa shape index (κ3) is 5.35. The molecule has 6 nitrogen and oxygen atoms in total. The van der Waals surface area contributed by atoms with Crippen molar-refractivity contribution in [3.05, 3.63) is 24.3 Å². The summed E-state index contributed by atoms with van der Waals surface area (Å²) in [6, 6.07) is 6.25. The van der Waals surface area contributed by atoms with Crippen molar-refractivity contribution in [3.8, 4) is 0 Å². The Morgan fingerprint density at radius 3 is 2.29 bits per heavy atom. The molecule has 0 aliphatic heterocycles.